The van der Waals surface area contributed by atoms with Gasteiger partial charge >= 0.3 is 0 Å². The van der Waals surface area contributed by atoms with Gasteiger partial charge in [-0.2, -0.15) is 0 Å². The second-order valence-corrected chi connectivity index (χ2v) is 5.37. The predicted molar refractivity (Wildman–Crippen MR) is 60.8 cm³/mol. The molecule has 1 aromatic carbocycles. The van der Waals surface area contributed by atoms with Crippen molar-refractivity contribution in [3.63, 3.8) is 0 Å². The fraction of sp³-hybridized carbons (Fsp3) is 0.400. The molecule has 0 aliphatic carbocycles. The van der Waals surface area contributed by atoms with Crippen molar-refractivity contribution in [1.82, 2.24) is 0 Å². The van der Waals surface area contributed by atoms with Gasteiger partial charge in [-0.05, 0) is 6.92 Å². The Morgan fingerprint density at radius 1 is 1.38 bits per heavy atom. The Balaban J connectivity index is 2.46. The Morgan fingerprint density at radius 2 is 2.08 bits per heavy atom. The summed E-state index contributed by atoms with van der Waals surface area (Å²) in [6.45, 7) is 2.77. The average Bonchev–Trinajstić information content (AvgIpc) is 2.19. The van der Waals surface area contributed by atoms with Gasteiger partial charge in [-0.1, -0.05) is 35.5 Å². The van der Waals surface area contributed by atoms with E-state index in [0.717, 1.165) is 6.61 Å². The zero-order chi connectivity index (χ0) is 9.52. The molecule has 0 radical (unpaired) electrons. The van der Waals surface area contributed by atoms with Crippen LogP contribution in [0.4, 0.5) is 0 Å². The van der Waals surface area contributed by atoms with Crippen molar-refractivity contribution in [3.8, 4) is 0 Å². The van der Waals surface area contributed by atoms with E-state index in [1.165, 1.54) is 5.19 Å². The third-order valence-corrected chi connectivity index (χ3v) is 4.51. The van der Waals surface area contributed by atoms with Crippen molar-refractivity contribution < 1.29 is 4.74 Å². The van der Waals surface area contributed by atoms with Crippen molar-refractivity contribution in [1.29, 1.82) is 0 Å². The van der Waals surface area contributed by atoms with Gasteiger partial charge in [-0.25, -0.2) is 0 Å². The molecule has 3 heteroatoms. The summed E-state index contributed by atoms with van der Waals surface area (Å²) < 4.78 is 5.52. The summed E-state index contributed by atoms with van der Waals surface area (Å²) in [6, 6.07) is 10.5. The monoisotopic (exact) mass is 214 g/mol. The van der Waals surface area contributed by atoms with Crippen molar-refractivity contribution >= 4 is 26.3 Å². The third-order valence-electron chi connectivity index (χ3n) is 1.88. The van der Waals surface area contributed by atoms with E-state index in [0.29, 0.717) is 5.88 Å². The van der Waals surface area contributed by atoms with Gasteiger partial charge in [0.15, 0.2) is 0 Å². The van der Waals surface area contributed by atoms with Crippen molar-refractivity contribution in [2.24, 2.45) is 0 Å². The van der Waals surface area contributed by atoms with Crippen molar-refractivity contribution in [2.45, 2.75) is 12.7 Å². The molecule has 0 N–H and O–H groups in total. The molecule has 0 aliphatic rings. The van der Waals surface area contributed by atoms with Crippen LogP contribution in [0.15, 0.2) is 30.3 Å². The molecular weight excluding hydrogens is 200 g/mol. The Kier molecular flexibility index (Phi) is 5.12. The van der Waals surface area contributed by atoms with Crippen molar-refractivity contribution in [2.75, 3.05) is 12.5 Å². The first-order valence-corrected chi connectivity index (χ1v) is 6.64. The van der Waals surface area contributed by atoms with Gasteiger partial charge < -0.3 is 4.74 Å². The molecule has 0 saturated heterocycles. The van der Waals surface area contributed by atoms with Crippen LogP contribution in [0.2, 0.25) is 0 Å². The fourth-order valence-corrected chi connectivity index (χ4v) is 3.22. The van der Waals surface area contributed by atoms with Gasteiger partial charge in [-0.15, -0.1) is 11.6 Å². The van der Waals surface area contributed by atoms with Gasteiger partial charge in [0.25, 0.3) is 0 Å². The second-order valence-electron chi connectivity index (χ2n) is 2.92. The summed E-state index contributed by atoms with van der Waals surface area (Å²) in [7, 11) is -0.363. The van der Waals surface area contributed by atoms with Crippen LogP contribution in [-0.4, -0.2) is 27.7 Å². The molecule has 1 aromatic rings. The van der Waals surface area contributed by atoms with Gasteiger partial charge in [0.1, 0.15) is 0 Å². The molecule has 0 saturated carbocycles. The molecule has 0 spiro atoms. The van der Waals surface area contributed by atoms with Gasteiger partial charge in [0, 0.05) is 12.5 Å². The normalized spacial score (nSPS) is 13.7. The summed E-state index contributed by atoms with van der Waals surface area (Å²) in [5.41, 5.74) is 0.286. The predicted octanol–water partition coefficient (Wildman–Crippen LogP) is 1.08. The molecule has 13 heavy (non-hydrogen) atoms. The molecular formula is C10H15ClOSi. The first-order valence-electron chi connectivity index (χ1n) is 4.58. The molecule has 1 nitrogen and oxygen atoms in total. The van der Waals surface area contributed by atoms with Crippen LogP contribution in [0.1, 0.15) is 6.92 Å². The molecule has 0 bridgehead atoms. The average molecular weight is 215 g/mol. The van der Waals surface area contributed by atoms with E-state index in [4.69, 9.17) is 16.3 Å². The molecule has 72 valence electrons. The van der Waals surface area contributed by atoms with Gasteiger partial charge in [-0.3, -0.25) is 0 Å². The van der Waals surface area contributed by atoms with Crippen molar-refractivity contribution in [3.05, 3.63) is 30.3 Å². The number of benzene rings is 1. The number of hydrogen-bond acceptors (Lipinski definition) is 1. The minimum absolute atomic E-state index is 0.286. The van der Waals surface area contributed by atoms with Gasteiger partial charge in [0.05, 0.1) is 15.2 Å². The second kappa shape index (κ2) is 6.19. The van der Waals surface area contributed by atoms with Crippen LogP contribution >= 0.6 is 11.6 Å². The highest BCUT2D eigenvalue weighted by atomic mass is 35.5. The largest absolute Gasteiger partial charge is 0.381 e. The molecule has 0 aliphatic heterocycles. The smallest absolute Gasteiger partial charge is 0.0903 e. The SMILES string of the molecule is CCOC(CCl)[SiH2]c1ccccc1. The van der Waals surface area contributed by atoms with Crippen LogP contribution in [0, 0.1) is 0 Å². The highest BCUT2D eigenvalue weighted by Crippen LogP contribution is 1.94. The summed E-state index contributed by atoms with van der Waals surface area (Å²) in [4.78, 5) is 0. The summed E-state index contributed by atoms with van der Waals surface area (Å²) in [6.07, 6.45) is 0. The summed E-state index contributed by atoms with van der Waals surface area (Å²) in [5.74, 6) is 0.620. The van der Waals surface area contributed by atoms with Gasteiger partial charge in [0.2, 0.25) is 0 Å². The maximum Gasteiger partial charge on any atom is 0.0903 e. The first-order chi connectivity index (χ1) is 6.36. The Morgan fingerprint density at radius 3 is 2.62 bits per heavy atom. The van der Waals surface area contributed by atoms with E-state index in [-0.39, 0.29) is 15.2 Å². The zero-order valence-corrected chi connectivity index (χ0v) is 10.0. The number of ether oxygens (including phenoxy) is 1. The lowest BCUT2D eigenvalue weighted by Gasteiger charge is -2.12. The Labute approximate surface area is 86.9 Å². The Bertz CT molecular complexity index is 228. The summed E-state index contributed by atoms with van der Waals surface area (Å²) in [5, 5.41) is 1.42. The van der Waals surface area contributed by atoms with Crippen LogP contribution < -0.4 is 5.19 Å². The van der Waals surface area contributed by atoms with E-state index in [1.807, 2.05) is 13.0 Å². The topological polar surface area (TPSA) is 9.23 Å². The number of halogens is 1. The summed E-state index contributed by atoms with van der Waals surface area (Å²) >= 11 is 5.81. The quantitative estimate of drug-likeness (QED) is 0.527. The van der Waals surface area contributed by atoms with E-state index in [2.05, 4.69) is 24.3 Å². The number of rotatable bonds is 5. The molecule has 0 aromatic heterocycles. The van der Waals surface area contributed by atoms with E-state index >= 15 is 0 Å². The number of hydrogen-bond donors (Lipinski definition) is 0. The van der Waals surface area contributed by atoms with Crippen LogP contribution in [0.3, 0.4) is 0 Å². The standard InChI is InChI=1S/C10H15ClOSi/c1-2-12-10(8-11)13-9-6-4-3-5-7-9/h3-7,10H,2,8,13H2,1H3. The Hall–Kier alpha value is -0.313. The fourth-order valence-electron chi connectivity index (χ4n) is 1.27. The van der Waals surface area contributed by atoms with Crippen LogP contribution in [0.25, 0.3) is 0 Å². The van der Waals surface area contributed by atoms with Crippen LogP contribution in [0.5, 0.6) is 0 Å². The molecule has 0 heterocycles. The lowest BCUT2D eigenvalue weighted by atomic mass is 10.4. The highest BCUT2D eigenvalue weighted by molar-refractivity contribution is 6.55. The molecule has 0 amide bonds. The molecule has 0 fully saturated rings. The van der Waals surface area contributed by atoms with Crippen LogP contribution in [-0.2, 0) is 4.74 Å². The minimum Gasteiger partial charge on any atom is -0.381 e. The first kappa shape index (κ1) is 10.8. The highest BCUT2D eigenvalue weighted by Gasteiger charge is 2.07. The lowest BCUT2D eigenvalue weighted by molar-refractivity contribution is 0.132. The zero-order valence-electron chi connectivity index (χ0n) is 7.87. The van der Waals surface area contributed by atoms with E-state index < -0.39 is 0 Å². The number of alkyl halides is 1. The maximum atomic E-state index is 5.81. The molecule has 1 unspecified atom stereocenters. The third kappa shape index (κ3) is 3.94. The minimum atomic E-state index is -0.363. The lowest BCUT2D eigenvalue weighted by Crippen LogP contribution is -2.31. The molecule has 1 rings (SSSR count). The maximum absolute atomic E-state index is 5.81. The van der Waals surface area contributed by atoms with E-state index in [1.54, 1.807) is 0 Å². The molecule has 1 atom stereocenters. The van der Waals surface area contributed by atoms with E-state index in [9.17, 15) is 0 Å².